The summed E-state index contributed by atoms with van der Waals surface area (Å²) in [7, 11) is 0. The zero-order valence-electron chi connectivity index (χ0n) is 13.5. The van der Waals surface area contributed by atoms with Gasteiger partial charge in [0.1, 0.15) is 5.60 Å². The third-order valence-electron chi connectivity index (χ3n) is 3.17. The summed E-state index contributed by atoms with van der Waals surface area (Å²) < 4.78 is 5.32. The lowest BCUT2D eigenvalue weighted by Gasteiger charge is -2.32. The van der Waals surface area contributed by atoms with E-state index in [0.29, 0.717) is 31.6 Å². The lowest BCUT2D eigenvalue weighted by Crippen LogP contribution is -2.42. The molecule has 0 atom stereocenters. The number of hydrogen-bond donors (Lipinski definition) is 2. The normalized spacial score (nSPS) is 18.3. The quantitative estimate of drug-likeness (QED) is 0.462. The molecule has 8 nitrogen and oxygen atoms in total. The Kier molecular flexibility index (Phi) is 5.90. The second-order valence-electron chi connectivity index (χ2n) is 6.20. The molecule has 0 radical (unpaired) electrons. The second kappa shape index (κ2) is 7.24. The van der Waals surface area contributed by atoms with Gasteiger partial charge >= 0.3 is 12.1 Å². The Morgan fingerprint density at radius 3 is 2.23 bits per heavy atom. The average molecular weight is 312 g/mol. The molecule has 22 heavy (non-hydrogen) atoms. The Morgan fingerprint density at radius 1 is 1.27 bits per heavy atom. The summed E-state index contributed by atoms with van der Waals surface area (Å²) in [6, 6.07) is -0.0465. The van der Waals surface area contributed by atoms with Crippen LogP contribution in [-0.2, 0) is 9.53 Å². The van der Waals surface area contributed by atoms with Crippen LogP contribution in [0.4, 0.5) is 4.79 Å². The summed E-state index contributed by atoms with van der Waals surface area (Å²) in [6.07, 6.45) is 0.962. The molecule has 8 heteroatoms. The van der Waals surface area contributed by atoms with E-state index in [1.165, 1.54) is 0 Å². The number of rotatable bonds is 3. The summed E-state index contributed by atoms with van der Waals surface area (Å²) in [5, 5.41) is 12.2. The van der Waals surface area contributed by atoms with Crippen molar-refractivity contribution in [3.63, 3.8) is 0 Å². The van der Waals surface area contributed by atoms with Crippen LogP contribution in [0.3, 0.4) is 0 Å². The van der Waals surface area contributed by atoms with E-state index in [-0.39, 0.29) is 17.8 Å². The van der Waals surface area contributed by atoms with Gasteiger partial charge in [-0.1, -0.05) is 0 Å². The van der Waals surface area contributed by atoms with Crippen LogP contribution < -0.4 is 5.84 Å². The molecular formula is C14H24N4O4. The van der Waals surface area contributed by atoms with Crippen LogP contribution in [0.5, 0.6) is 0 Å². The van der Waals surface area contributed by atoms with E-state index in [4.69, 9.17) is 15.7 Å². The third kappa shape index (κ3) is 5.34. The van der Waals surface area contributed by atoms with Gasteiger partial charge < -0.3 is 20.6 Å². The van der Waals surface area contributed by atoms with Crippen LogP contribution >= 0.6 is 0 Å². The van der Waals surface area contributed by atoms with Crippen molar-refractivity contribution in [3.8, 4) is 0 Å². The molecule has 1 saturated heterocycles. The molecule has 0 aromatic heterocycles. The van der Waals surface area contributed by atoms with Gasteiger partial charge in [-0.3, -0.25) is 4.99 Å². The molecule has 124 valence electrons. The van der Waals surface area contributed by atoms with Crippen molar-refractivity contribution in [3.05, 3.63) is 0 Å². The molecule has 0 bridgehead atoms. The number of aliphatic imine (C=N–C) groups is 1. The first kappa shape index (κ1) is 17.9. The molecule has 1 rings (SSSR count). The van der Waals surface area contributed by atoms with Crippen molar-refractivity contribution < 1.29 is 19.4 Å². The van der Waals surface area contributed by atoms with E-state index >= 15 is 0 Å². The number of amides is 1. The van der Waals surface area contributed by atoms with Gasteiger partial charge in [-0.05, 0) is 40.5 Å². The Bertz CT molecular complexity index is 486. The van der Waals surface area contributed by atoms with Gasteiger partial charge in [0, 0.05) is 13.1 Å². The van der Waals surface area contributed by atoms with E-state index in [0.717, 1.165) is 0 Å². The largest absolute Gasteiger partial charge is 0.476 e. The molecule has 0 unspecified atom stereocenters. The minimum atomic E-state index is -1.20. The summed E-state index contributed by atoms with van der Waals surface area (Å²) in [5.41, 5.74) is -0.461. The average Bonchev–Trinajstić information content (AvgIpc) is 2.37. The summed E-state index contributed by atoms with van der Waals surface area (Å²) >= 11 is 0. The molecule has 1 aliphatic rings. The lowest BCUT2D eigenvalue weighted by molar-refractivity contribution is -0.129. The van der Waals surface area contributed by atoms with Gasteiger partial charge in [-0.25, -0.2) is 9.59 Å². The van der Waals surface area contributed by atoms with Gasteiger partial charge in [0.25, 0.3) is 0 Å². The number of piperidine rings is 1. The number of nitrogens with two attached hydrogens (primary N) is 1. The number of hydrogen-bond acceptors (Lipinski definition) is 6. The van der Waals surface area contributed by atoms with Gasteiger partial charge in [-0.15, -0.1) is 0 Å². The number of ether oxygens (including phenoxy) is 1. The third-order valence-corrected chi connectivity index (χ3v) is 3.17. The maximum absolute atomic E-state index is 11.9. The molecule has 1 heterocycles. The number of carboxylic acid groups (broad SMARTS) is 1. The molecular weight excluding hydrogens is 288 g/mol. The maximum Gasteiger partial charge on any atom is 0.410 e. The summed E-state index contributed by atoms with van der Waals surface area (Å²) in [6.45, 7) is 8.10. The number of carbonyl (C=O) groups is 2. The van der Waals surface area contributed by atoms with E-state index in [1.807, 2.05) is 20.8 Å². The predicted molar refractivity (Wildman–Crippen MR) is 83.2 cm³/mol. The van der Waals surface area contributed by atoms with Crippen molar-refractivity contribution in [1.82, 2.24) is 4.90 Å². The molecule has 0 aliphatic carbocycles. The highest BCUT2D eigenvalue weighted by atomic mass is 16.6. The molecule has 1 aliphatic heterocycles. The maximum atomic E-state index is 11.9. The van der Waals surface area contributed by atoms with E-state index in [2.05, 4.69) is 10.1 Å². The molecule has 1 fully saturated rings. The van der Waals surface area contributed by atoms with Crippen molar-refractivity contribution in [2.45, 2.75) is 52.2 Å². The van der Waals surface area contributed by atoms with E-state index < -0.39 is 11.6 Å². The number of nitrogens with zero attached hydrogens (tertiary/aromatic N) is 3. The monoisotopic (exact) mass is 312 g/mol. The van der Waals surface area contributed by atoms with Gasteiger partial charge in [-0.2, -0.15) is 5.10 Å². The number of hydrazone groups is 1. The topological polar surface area (TPSA) is 118 Å². The van der Waals surface area contributed by atoms with Crippen LogP contribution in [-0.4, -0.2) is 58.2 Å². The van der Waals surface area contributed by atoms with Crippen molar-refractivity contribution in [2.75, 3.05) is 13.1 Å². The molecule has 0 aromatic rings. The minimum Gasteiger partial charge on any atom is -0.476 e. The van der Waals surface area contributed by atoms with E-state index in [9.17, 15) is 9.59 Å². The Morgan fingerprint density at radius 2 is 1.82 bits per heavy atom. The zero-order valence-corrected chi connectivity index (χ0v) is 13.5. The van der Waals surface area contributed by atoms with Crippen LogP contribution in [0, 0.1) is 0 Å². The van der Waals surface area contributed by atoms with Crippen molar-refractivity contribution in [2.24, 2.45) is 15.9 Å². The fraction of sp³-hybridized carbons (Fsp3) is 0.714. The lowest BCUT2D eigenvalue weighted by atomic mass is 10.1. The zero-order chi connectivity index (χ0) is 16.9. The van der Waals surface area contributed by atoms with Crippen molar-refractivity contribution >= 4 is 23.5 Å². The van der Waals surface area contributed by atoms with Crippen molar-refractivity contribution in [1.29, 1.82) is 0 Å². The molecule has 1 amide bonds. The predicted octanol–water partition coefficient (Wildman–Crippen LogP) is 1.25. The number of carbonyl (C=O) groups excluding carboxylic acids is 1. The van der Waals surface area contributed by atoms with Crippen LogP contribution in [0.2, 0.25) is 0 Å². The molecule has 3 N–H and O–H groups in total. The van der Waals surface area contributed by atoms with Crippen LogP contribution in [0.25, 0.3) is 0 Å². The van der Waals surface area contributed by atoms with Gasteiger partial charge in [0.05, 0.1) is 11.8 Å². The smallest absolute Gasteiger partial charge is 0.410 e. The fourth-order valence-electron chi connectivity index (χ4n) is 2.14. The Labute approximate surface area is 130 Å². The summed E-state index contributed by atoms with van der Waals surface area (Å²) in [4.78, 5) is 28.9. The highest BCUT2D eigenvalue weighted by Gasteiger charge is 2.27. The van der Waals surface area contributed by atoms with E-state index in [1.54, 1.807) is 11.8 Å². The van der Waals surface area contributed by atoms with Crippen LogP contribution in [0.1, 0.15) is 40.5 Å². The van der Waals surface area contributed by atoms with Crippen LogP contribution in [0.15, 0.2) is 10.1 Å². The molecule has 0 aromatic carbocycles. The fourth-order valence-corrected chi connectivity index (χ4v) is 2.14. The van der Waals surface area contributed by atoms with Gasteiger partial charge in [0.15, 0.2) is 5.71 Å². The SMILES string of the molecule is CC(=NC1CCN(C(=O)OC(C)(C)C)CC1)/C(=N\N)C(=O)O. The summed E-state index contributed by atoms with van der Waals surface area (Å²) in [5.74, 6) is 3.86. The Balaban J connectivity index is 2.59. The first-order chi connectivity index (χ1) is 10.1. The highest BCUT2D eigenvalue weighted by molar-refractivity contribution is 6.64. The first-order valence-corrected chi connectivity index (χ1v) is 7.18. The number of likely N-dealkylation sites (tertiary alicyclic amines) is 1. The minimum absolute atomic E-state index is 0.0465. The first-order valence-electron chi connectivity index (χ1n) is 7.18. The van der Waals surface area contributed by atoms with Gasteiger partial charge in [0.2, 0.25) is 0 Å². The highest BCUT2D eigenvalue weighted by Crippen LogP contribution is 2.17. The molecule has 0 saturated carbocycles. The number of carboxylic acids is 1. The second-order valence-corrected chi connectivity index (χ2v) is 6.20. The number of aliphatic carboxylic acids is 1. The molecule has 0 spiro atoms. The Hall–Kier alpha value is -2.12. The standard InChI is InChI=1S/C14H24N4O4/c1-9(11(17-15)12(19)20)16-10-5-7-18(8-6-10)13(21)22-14(2,3)4/h10H,5-8,15H2,1-4H3,(H,19,20)/b16-9?,17-11+.